The van der Waals surface area contributed by atoms with Crippen LogP contribution in [0.3, 0.4) is 0 Å². The largest absolute Gasteiger partial charge is 0.319 e. The Kier molecular flexibility index (Phi) is 5.17. The summed E-state index contributed by atoms with van der Waals surface area (Å²) >= 11 is 3.24. The van der Waals surface area contributed by atoms with Crippen LogP contribution in [0.15, 0.2) is 53.0 Å². The van der Waals surface area contributed by atoms with E-state index in [2.05, 4.69) is 39.8 Å². The highest BCUT2D eigenvalue weighted by molar-refractivity contribution is 9.10. The van der Waals surface area contributed by atoms with E-state index < -0.39 is 5.82 Å². The summed E-state index contributed by atoms with van der Waals surface area (Å²) in [7, 11) is 2.07. The maximum absolute atomic E-state index is 14.5. The fourth-order valence-electron chi connectivity index (χ4n) is 3.61. The number of rotatable bonds is 4. The van der Waals surface area contributed by atoms with Gasteiger partial charge in [-0.05, 0) is 37.7 Å². The molecular formula is C22H21BrFN3O. The number of aromatic nitrogens is 2. The maximum atomic E-state index is 14.5. The van der Waals surface area contributed by atoms with E-state index in [1.807, 2.05) is 34.9 Å². The van der Waals surface area contributed by atoms with Gasteiger partial charge >= 0.3 is 0 Å². The van der Waals surface area contributed by atoms with Gasteiger partial charge in [0.1, 0.15) is 5.82 Å². The molecular weight excluding hydrogens is 421 g/mol. The van der Waals surface area contributed by atoms with Gasteiger partial charge in [-0.25, -0.2) is 9.37 Å². The predicted octanol–water partition coefficient (Wildman–Crippen LogP) is 4.44. The number of carbonyl (C=O) groups excluding carboxylic acids is 1. The second kappa shape index (κ2) is 7.60. The Bertz CT molecular complexity index is 1030. The third-order valence-electron chi connectivity index (χ3n) is 5.36. The molecule has 1 aliphatic heterocycles. The third kappa shape index (κ3) is 3.54. The number of hydrogen-bond acceptors (Lipinski definition) is 3. The van der Waals surface area contributed by atoms with E-state index in [1.54, 1.807) is 6.07 Å². The zero-order valence-electron chi connectivity index (χ0n) is 15.8. The highest BCUT2D eigenvalue weighted by Crippen LogP contribution is 2.26. The number of hydrogen-bond donors (Lipinski definition) is 0. The molecule has 1 atom stereocenters. The van der Waals surface area contributed by atoms with Crippen molar-refractivity contribution in [3.8, 4) is 0 Å². The van der Waals surface area contributed by atoms with Crippen LogP contribution in [-0.4, -0.2) is 33.3 Å². The van der Waals surface area contributed by atoms with Crippen LogP contribution in [-0.2, 0) is 19.5 Å². The lowest BCUT2D eigenvalue weighted by molar-refractivity contribution is 0.102. The minimum atomic E-state index is -0.544. The first-order valence-corrected chi connectivity index (χ1v) is 10.1. The van der Waals surface area contributed by atoms with Gasteiger partial charge in [-0.3, -0.25) is 9.69 Å². The summed E-state index contributed by atoms with van der Waals surface area (Å²) in [6.45, 7) is 3.39. The number of nitrogens with zero attached hydrogens (tertiary/aromatic N) is 3. The van der Waals surface area contributed by atoms with Crippen LogP contribution in [0.5, 0.6) is 0 Å². The molecule has 4 rings (SSSR count). The average molecular weight is 442 g/mol. The molecule has 2 heterocycles. The van der Waals surface area contributed by atoms with Crippen LogP contribution in [0.25, 0.3) is 0 Å². The number of benzene rings is 2. The topological polar surface area (TPSA) is 38.1 Å². The minimum Gasteiger partial charge on any atom is -0.319 e. The summed E-state index contributed by atoms with van der Waals surface area (Å²) in [5.74, 6) is -0.625. The van der Waals surface area contributed by atoms with Crippen molar-refractivity contribution in [2.45, 2.75) is 32.5 Å². The zero-order chi connectivity index (χ0) is 19.8. The number of ketones is 1. The average Bonchev–Trinajstić information content (AvgIpc) is 3.00. The van der Waals surface area contributed by atoms with E-state index in [1.165, 1.54) is 12.1 Å². The van der Waals surface area contributed by atoms with E-state index in [0.29, 0.717) is 29.4 Å². The lowest BCUT2D eigenvalue weighted by Gasteiger charge is -2.30. The van der Waals surface area contributed by atoms with Gasteiger partial charge in [-0.15, -0.1) is 0 Å². The van der Waals surface area contributed by atoms with Gasteiger partial charge in [-0.2, -0.15) is 0 Å². The Hall–Kier alpha value is -2.31. The Morgan fingerprint density at radius 3 is 2.71 bits per heavy atom. The quantitative estimate of drug-likeness (QED) is 0.561. The Balaban J connectivity index is 1.82. The van der Waals surface area contributed by atoms with Crippen LogP contribution >= 0.6 is 15.9 Å². The molecule has 4 nitrogen and oxygen atoms in total. The smallest absolute Gasteiger partial charge is 0.231 e. The van der Waals surface area contributed by atoms with Crippen LogP contribution in [0.4, 0.5) is 4.39 Å². The molecule has 0 bridgehead atoms. The molecule has 0 aliphatic carbocycles. The van der Waals surface area contributed by atoms with Crippen molar-refractivity contribution in [3.05, 3.63) is 87.2 Å². The van der Waals surface area contributed by atoms with Gasteiger partial charge in [-0.1, -0.05) is 46.3 Å². The van der Waals surface area contributed by atoms with Gasteiger partial charge in [0.15, 0.2) is 5.82 Å². The molecule has 0 amide bonds. The third-order valence-corrected chi connectivity index (χ3v) is 5.85. The monoisotopic (exact) mass is 441 g/mol. The fraction of sp³-hybridized carbons (Fsp3) is 0.273. The zero-order valence-corrected chi connectivity index (χ0v) is 17.4. The van der Waals surface area contributed by atoms with Crippen molar-refractivity contribution in [3.63, 3.8) is 0 Å². The fourth-order valence-corrected chi connectivity index (χ4v) is 3.94. The van der Waals surface area contributed by atoms with E-state index in [4.69, 9.17) is 0 Å². The number of fused-ring (bicyclic) bond motifs is 1. The van der Waals surface area contributed by atoms with Crippen molar-refractivity contribution >= 4 is 21.7 Å². The Morgan fingerprint density at radius 1 is 1.25 bits per heavy atom. The molecule has 1 aromatic heterocycles. The van der Waals surface area contributed by atoms with E-state index in [0.717, 1.165) is 23.4 Å². The summed E-state index contributed by atoms with van der Waals surface area (Å²) < 4.78 is 17.0. The molecule has 2 aromatic carbocycles. The molecule has 0 fully saturated rings. The van der Waals surface area contributed by atoms with Crippen molar-refractivity contribution in [1.29, 1.82) is 0 Å². The molecule has 3 aromatic rings. The Morgan fingerprint density at radius 2 is 2.00 bits per heavy atom. The normalized spacial score (nSPS) is 16.8. The molecule has 0 saturated carbocycles. The first kappa shape index (κ1) is 19.0. The van der Waals surface area contributed by atoms with Crippen molar-refractivity contribution in [1.82, 2.24) is 14.5 Å². The van der Waals surface area contributed by atoms with Crippen LogP contribution in [0, 0.1) is 5.82 Å². The molecule has 0 N–H and O–H groups in total. The number of likely N-dealkylation sites (N-methyl/N-ethyl adjacent to an activating group) is 1. The number of carbonyl (C=O) groups is 1. The van der Waals surface area contributed by atoms with Crippen molar-refractivity contribution < 1.29 is 9.18 Å². The van der Waals surface area contributed by atoms with Gasteiger partial charge < -0.3 is 4.57 Å². The molecule has 144 valence electrons. The minimum absolute atomic E-state index is 0.0428. The molecule has 1 aliphatic rings. The summed E-state index contributed by atoms with van der Waals surface area (Å²) in [4.78, 5) is 20.1. The maximum Gasteiger partial charge on any atom is 0.231 e. The summed E-state index contributed by atoms with van der Waals surface area (Å²) in [5, 5.41) is 0. The lowest BCUT2D eigenvalue weighted by Crippen LogP contribution is -2.36. The Labute approximate surface area is 172 Å². The molecule has 6 heteroatoms. The predicted molar refractivity (Wildman–Crippen MR) is 110 cm³/mol. The van der Waals surface area contributed by atoms with E-state index in [-0.39, 0.29) is 11.3 Å². The molecule has 0 saturated heterocycles. The SMILES string of the molecule is C[C@@H]1Cc2nc(C(=O)c3ccc(Br)cc3F)n(Cc3ccccc3)c2CN1C. The molecule has 28 heavy (non-hydrogen) atoms. The first-order valence-electron chi connectivity index (χ1n) is 9.26. The van der Waals surface area contributed by atoms with E-state index in [9.17, 15) is 9.18 Å². The second-order valence-corrected chi connectivity index (χ2v) is 8.24. The summed E-state index contributed by atoms with van der Waals surface area (Å²) in [6.07, 6.45) is 0.775. The van der Waals surface area contributed by atoms with Crippen LogP contribution < -0.4 is 0 Å². The van der Waals surface area contributed by atoms with Gasteiger partial charge in [0.05, 0.1) is 17.0 Å². The summed E-state index contributed by atoms with van der Waals surface area (Å²) in [5.41, 5.74) is 3.09. The highest BCUT2D eigenvalue weighted by Gasteiger charge is 2.30. The van der Waals surface area contributed by atoms with Gasteiger partial charge in [0, 0.05) is 30.0 Å². The van der Waals surface area contributed by atoms with Crippen molar-refractivity contribution in [2.24, 2.45) is 0 Å². The van der Waals surface area contributed by atoms with Gasteiger partial charge in [0.2, 0.25) is 5.78 Å². The van der Waals surface area contributed by atoms with Gasteiger partial charge in [0.25, 0.3) is 0 Å². The van der Waals surface area contributed by atoms with Crippen molar-refractivity contribution in [2.75, 3.05) is 7.05 Å². The summed E-state index contributed by atoms with van der Waals surface area (Å²) in [6, 6.07) is 14.8. The second-order valence-electron chi connectivity index (χ2n) is 7.32. The molecule has 0 spiro atoms. The standard InChI is InChI=1S/C22H21BrFN3O/c1-14-10-19-20(13-26(14)2)27(12-15-6-4-3-5-7-15)22(25-19)21(28)17-9-8-16(23)11-18(17)24/h3-9,11,14H,10,12-13H2,1-2H3/t14-/m1/s1. The lowest BCUT2D eigenvalue weighted by atomic mass is 10.0. The van der Waals surface area contributed by atoms with E-state index >= 15 is 0 Å². The molecule has 0 radical (unpaired) electrons. The molecule has 0 unspecified atom stereocenters. The number of halogens is 2. The highest BCUT2D eigenvalue weighted by atomic mass is 79.9. The van der Waals surface area contributed by atoms with Crippen LogP contribution in [0.2, 0.25) is 0 Å². The number of imidazole rings is 1. The first-order chi connectivity index (χ1) is 13.4. The van der Waals surface area contributed by atoms with Crippen LogP contribution in [0.1, 0.15) is 40.1 Å².